The number of esters is 1. The molecule has 9 heteroatoms. The summed E-state index contributed by atoms with van der Waals surface area (Å²) in [6.07, 6.45) is 1.44. The van der Waals surface area contributed by atoms with Crippen molar-refractivity contribution in [1.82, 2.24) is 25.5 Å². The first-order valence-corrected chi connectivity index (χ1v) is 8.46. The third-order valence-corrected chi connectivity index (χ3v) is 4.05. The summed E-state index contributed by atoms with van der Waals surface area (Å²) in [5.41, 5.74) is 1.92. The fourth-order valence-corrected chi connectivity index (χ4v) is 2.49. The van der Waals surface area contributed by atoms with E-state index in [0.717, 1.165) is 5.56 Å². The molecular formula is C18H16ClN5O3. The largest absolute Gasteiger partial charge is 0.452 e. The molecule has 2 aromatic carbocycles. The van der Waals surface area contributed by atoms with Gasteiger partial charge in [-0.25, -0.2) is 9.48 Å². The number of benzene rings is 2. The van der Waals surface area contributed by atoms with E-state index in [1.807, 2.05) is 19.1 Å². The number of amides is 1. The molecule has 3 rings (SSSR count). The van der Waals surface area contributed by atoms with E-state index in [-0.39, 0.29) is 12.6 Å². The Morgan fingerprint density at radius 1 is 1.15 bits per heavy atom. The number of nitrogens with zero attached hydrogens (tertiary/aromatic N) is 4. The number of rotatable bonds is 6. The molecule has 0 saturated carbocycles. The Morgan fingerprint density at radius 3 is 2.48 bits per heavy atom. The van der Waals surface area contributed by atoms with Crippen molar-refractivity contribution >= 4 is 23.5 Å². The fourth-order valence-electron chi connectivity index (χ4n) is 2.36. The third kappa shape index (κ3) is 4.89. The van der Waals surface area contributed by atoms with Crippen LogP contribution in [0.1, 0.15) is 28.9 Å². The zero-order chi connectivity index (χ0) is 19.2. The van der Waals surface area contributed by atoms with Gasteiger partial charge in [-0.15, -0.1) is 5.10 Å². The summed E-state index contributed by atoms with van der Waals surface area (Å²) in [6, 6.07) is 13.4. The molecule has 1 atom stereocenters. The minimum atomic E-state index is -0.590. The summed E-state index contributed by atoms with van der Waals surface area (Å²) in [5, 5.41) is 14.2. The fraction of sp³-hybridized carbons (Fsp3) is 0.167. The van der Waals surface area contributed by atoms with E-state index >= 15 is 0 Å². The minimum absolute atomic E-state index is 0.232. The van der Waals surface area contributed by atoms with E-state index in [0.29, 0.717) is 16.3 Å². The number of aromatic nitrogens is 4. The summed E-state index contributed by atoms with van der Waals surface area (Å²) in [4.78, 5) is 24.1. The third-order valence-electron chi connectivity index (χ3n) is 3.80. The van der Waals surface area contributed by atoms with Gasteiger partial charge in [-0.05, 0) is 59.3 Å². The average Bonchev–Trinajstić information content (AvgIpc) is 3.21. The Bertz CT molecular complexity index is 911. The van der Waals surface area contributed by atoms with Crippen LogP contribution in [0.4, 0.5) is 0 Å². The van der Waals surface area contributed by atoms with Gasteiger partial charge in [0.15, 0.2) is 6.61 Å². The van der Waals surface area contributed by atoms with Crippen molar-refractivity contribution in [3.05, 3.63) is 71.0 Å². The van der Waals surface area contributed by atoms with E-state index < -0.39 is 11.9 Å². The molecule has 0 saturated heterocycles. The highest BCUT2D eigenvalue weighted by atomic mass is 35.5. The predicted octanol–water partition coefficient (Wildman–Crippen LogP) is 2.35. The van der Waals surface area contributed by atoms with Crippen LogP contribution in [0.3, 0.4) is 0 Å². The van der Waals surface area contributed by atoms with Gasteiger partial charge in [-0.2, -0.15) is 0 Å². The lowest BCUT2D eigenvalue weighted by molar-refractivity contribution is -0.124. The molecule has 1 N–H and O–H groups in total. The Labute approximate surface area is 160 Å². The number of nitrogens with one attached hydrogen (secondary N) is 1. The van der Waals surface area contributed by atoms with Crippen LogP contribution in [0.15, 0.2) is 54.9 Å². The van der Waals surface area contributed by atoms with Gasteiger partial charge in [0.2, 0.25) is 0 Å². The van der Waals surface area contributed by atoms with E-state index in [2.05, 4.69) is 20.8 Å². The Balaban J connectivity index is 1.51. The van der Waals surface area contributed by atoms with E-state index in [9.17, 15) is 9.59 Å². The van der Waals surface area contributed by atoms with Crippen LogP contribution >= 0.6 is 11.6 Å². The second-order valence-electron chi connectivity index (χ2n) is 5.72. The summed E-state index contributed by atoms with van der Waals surface area (Å²) < 4.78 is 6.52. The first-order valence-electron chi connectivity index (χ1n) is 8.08. The van der Waals surface area contributed by atoms with Crippen LogP contribution in [0.2, 0.25) is 5.02 Å². The normalized spacial score (nSPS) is 11.6. The molecule has 1 aromatic heterocycles. The number of ether oxygens (including phenoxy) is 1. The van der Waals surface area contributed by atoms with Crippen LogP contribution in [-0.4, -0.2) is 38.7 Å². The maximum Gasteiger partial charge on any atom is 0.338 e. The Hall–Kier alpha value is -3.26. The van der Waals surface area contributed by atoms with E-state index in [1.54, 1.807) is 36.4 Å². The zero-order valence-electron chi connectivity index (χ0n) is 14.4. The molecule has 0 bridgehead atoms. The van der Waals surface area contributed by atoms with Gasteiger partial charge >= 0.3 is 5.97 Å². The standard InChI is InChI=1S/C18H16ClN5O3/c1-12(13-2-6-15(19)7-3-13)21-17(25)10-27-18(26)14-4-8-16(9-5-14)24-11-20-22-23-24/h2-9,11-12H,10H2,1H3,(H,21,25). The van der Waals surface area contributed by atoms with Crippen molar-refractivity contribution in [1.29, 1.82) is 0 Å². The summed E-state index contributed by atoms with van der Waals surface area (Å²) in [7, 11) is 0. The maximum absolute atomic E-state index is 12.1. The Morgan fingerprint density at radius 2 is 1.85 bits per heavy atom. The van der Waals surface area contributed by atoms with Crippen LogP contribution in [0.25, 0.3) is 5.69 Å². The molecule has 27 heavy (non-hydrogen) atoms. The highest BCUT2D eigenvalue weighted by molar-refractivity contribution is 6.30. The SMILES string of the molecule is CC(NC(=O)COC(=O)c1ccc(-n2cnnn2)cc1)c1ccc(Cl)cc1. The quantitative estimate of drug-likeness (QED) is 0.654. The molecule has 3 aromatic rings. The molecule has 138 valence electrons. The van der Waals surface area contributed by atoms with Crippen LogP contribution < -0.4 is 5.32 Å². The molecule has 1 heterocycles. The lowest BCUT2D eigenvalue weighted by atomic mass is 10.1. The van der Waals surface area contributed by atoms with Crippen LogP contribution in [0, 0.1) is 0 Å². The zero-order valence-corrected chi connectivity index (χ0v) is 15.1. The molecule has 1 unspecified atom stereocenters. The van der Waals surface area contributed by atoms with Gasteiger partial charge in [-0.1, -0.05) is 23.7 Å². The molecule has 0 spiro atoms. The molecule has 0 radical (unpaired) electrons. The van der Waals surface area contributed by atoms with Gasteiger partial charge in [0.25, 0.3) is 5.91 Å². The summed E-state index contributed by atoms with van der Waals surface area (Å²) >= 11 is 5.85. The monoisotopic (exact) mass is 385 g/mol. The summed E-state index contributed by atoms with van der Waals surface area (Å²) in [5.74, 6) is -0.983. The maximum atomic E-state index is 12.1. The first-order chi connectivity index (χ1) is 13.0. The number of carbonyl (C=O) groups is 2. The Kier molecular flexibility index (Phi) is 5.77. The van der Waals surface area contributed by atoms with Gasteiger partial charge in [0, 0.05) is 5.02 Å². The van der Waals surface area contributed by atoms with Gasteiger partial charge in [0.05, 0.1) is 17.3 Å². The highest BCUT2D eigenvalue weighted by Gasteiger charge is 2.13. The number of tetrazole rings is 1. The van der Waals surface area contributed by atoms with Crippen molar-refractivity contribution < 1.29 is 14.3 Å². The second-order valence-corrected chi connectivity index (χ2v) is 6.15. The molecule has 0 aliphatic carbocycles. The lowest BCUT2D eigenvalue weighted by Crippen LogP contribution is -2.31. The van der Waals surface area contributed by atoms with Gasteiger partial charge < -0.3 is 10.1 Å². The second kappa shape index (κ2) is 8.41. The minimum Gasteiger partial charge on any atom is -0.452 e. The smallest absolute Gasteiger partial charge is 0.338 e. The molecule has 0 fully saturated rings. The van der Waals surface area contributed by atoms with Crippen molar-refractivity contribution in [2.75, 3.05) is 6.61 Å². The number of hydrogen-bond donors (Lipinski definition) is 1. The predicted molar refractivity (Wildman–Crippen MR) is 97.4 cm³/mol. The van der Waals surface area contributed by atoms with Crippen molar-refractivity contribution in [3.8, 4) is 5.69 Å². The van der Waals surface area contributed by atoms with Gasteiger partial charge in [0.1, 0.15) is 6.33 Å². The van der Waals surface area contributed by atoms with Crippen molar-refractivity contribution in [2.45, 2.75) is 13.0 Å². The molecule has 0 aliphatic rings. The molecular weight excluding hydrogens is 370 g/mol. The number of halogens is 1. The number of hydrogen-bond acceptors (Lipinski definition) is 6. The highest BCUT2D eigenvalue weighted by Crippen LogP contribution is 2.16. The van der Waals surface area contributed by atoms with E-state index in [4.69, 9.17) is 16.3 Å². The first kappa shape index (κ1) is 18.5. The average molecular weight is 386 g/mol. The summed E-state index contributed by atoms with van der Waals surface area (Å²) in [6.45, 7) is 1.46. The number of carbonyl (C=O) groups excluding carboxylic acids is 2. The molecule has 1 amide bonds. The van der Waals surface area contributed by atoms with Crippen LogP contribution in [0.5, 0.6) is 0 Å². The van der Waals surface area contributed by atoms with Crippen molar-refractivity contribution in [2.24, 2.45) is 0 Å². The molecule has 0 aliphatic heterocycles. The molecule has 8 nitrogen and oxygen atoms in total. The lowest BCUT2D eigenvalue weighted by Gasteiger charge is -2.14. The van der Waals surface area contributed by atoms with Crippen LogP contribution in [-0.2, 0) is 9.53 Å². The van der Waals surface area contributed by atoms with Crippen molar-refractivity contribution in [3.63, 3.8) is 0 Å². The topological polar surface area (TPSA) is 99.0 Å². The van der Waals surface area contributed by atoms with Gasteiger partial charge in [-0.3, -0.25) is 4.79 Å². The van der Waals surface area contributed by atoms with E-state index in [1.165, 1.54) is 11.0 Å².